The second-order valence-electron chi connectivity index (χ2n) is 8.85. The van der Waals surface area contributed by atoms with Crippen LogP contribution in [0.3, 0.4) is 0 Å². The van der Waals surface area contributed by atoms with Crippen molar-refractivity contribution in [3.8, 4) is 0 Å². The summed E-state index contributed by atoms with van der Waals surface area (Å²) < 4.78 is 16.8. The summed E-state index contributed by atoms with van der Waals surface area (Å²) >= 11 is 1.30. The van der Waals surface area contributed by atoms with Gasteiger partial charge in [0.15, 0.2) is 0 Å². The zero-order valence-corrected chi connectivity index (χ0v) is 23.9. The molecule has 0 aromatic heterocycles. The number of benzene rings is 2. The Balaban J connectivity index is 2.17. The zero-order chi connectivity index (χ0) is 30.1. The molecule has 0 amide bonds. The summed E-state index contributed by atoms with van der Waals surface area (Å²) in [7, 11) is 0. The van der Waals surface area contributed by atoms with E-state index in [-0.39, 0.29) is 42.5 Å². The van der Waals surface area contributed by atoms with Gasteiger partial charge in [-0.2, -0.15) is 0 Å². The van der Waals surface area contributed by atoms with Gasteiger partial charge in [0, 0.05) is 48.3 Å². The second kappa shape index (κ2) is 14.5. The average Bonchev–Trinajstić information content (AvgIpc) is 2.95. The Hall–Kier alpha value is -4.10. The first kappa shape index (κ1) is 31.4. The number of hydrogen-bond acceptors (Lipinski definition) is 11. The SMILES string of the molecule is CCOC(=O)C1=C(C(OCC)SCc2ccc([N+](=O)[O-])cc2)N=C(C)C(C(=O)OCC)C1c1cccc([N+](=O)[O-])c1. The highest BCUT2D eigenvalue weighted by Gasteiger charge is 2.45. The van der Waals surface area contributed by atoms with Gasteiger partial charge in [0.1, 0.15) is 11.4 Å². The lowest BCUT2D eigenvalue weighted by atomic mass is 9.75. The van der Waals surface area contributed by atoms with Crippen LogP contribution in [0, 0.1) is 26.1 Å². The molecule has 1 aliphatic rings. The van der Waals surface area contributed by atoms with E-state index in [1.807, 2.05) is 0 Å². The van der Waals surface area contributed by atoms with Crippen LogP contribution < -0.4 is 0 Å². The number of carbonyl (C=O) groups is 2. The van der Waals surface area contributed by atoms with Crippen LogP contribution in [0.5, 0.6) is 0 Å². The largest absolute Gasteiger partial charge is 0.465 e. The van der Waals surface area contributed by atoms with Crippen molar-refractivity contribution in [2.75, 3.05) is 19.8 Å². The number of rotatable bonds is 13. The van der Waals surface area contributed by atoms with Gasteiger partial charge in [0.05, 0.1) is 34.3 Å². The molecule has 13 heteroatoms. The number of nitro benzene ring substituents is 2. The zero-order valence-electron chi connectivity index (χ0n) is 23.1. The number of esters is 2. The number of carbonyl (C=O) groups excluding carboxylic acids is 2. The van der Waals surface area contributed by atoms with Crippen molar-refractivity contribution < 1.29 is 33.6 Å². The molecule has 1 aliphatic heterocycles. The molecule has 218 valence electrons. The topological polar surface area (TPSA) is 160 Å². The van der Waals surface area contributed by atoms with Crippen molar-refractivity contribution in [3.05, 3.63) is 91.2 Å². The van der Waals surface area contributed by atoms with Crippen molar-refractivity contribution in [3.63, 3.8) is 0 Å². The molecule has 0 aliphatic carbocycles. The quantitative estimate of drug-likeness (QED) is 0.130. The molecule has 3 atom stereocenters. The Morgan fingerprint density at radius 2 is 1.61 bits per heavy atom. The molecule has 0 spiro atoms. The van der Waals surface area contributed by atoms with Gasteiger partial charge >= 0.3 is 11.9 Å². The van der Waals surface area contributed by atoms with E-state index < -0.39 is 39.1 Å². The predicted molar refractivity (Wildman–Crippen MR) is 153 cm³/mol. The minimum absolute atomic E-state index is 0.0373. The Bertz CT molecular complexity index is 1360. The van der Waals surface area contributed by atoms with Gasteiger partial charge in [0.25, 0.3) is 11.4 Å². The van der Waals surface area contributed by atoms with Gasteiger partial charge in [0.2, 0.25) is 0 Å². The molecule has 0 N–H and O–H groups in total. The normalized spacial score (nSPS) is 17.4. The van der Waals surface area contributed by atoms with Crippen molar-refractivity contribution in [1.29, 1.82) is 0 Å². The van der Waals surface area contributed by atoms with Crippen LogP contribution in [-0.2, 0) is 29.6 Å². The number of thioether (sulfide) groups is 1. The van der Waals surface area contributed by atoms with E-state index >= 15 is 0 Å². The molecule has 0 saturated heterocycles. The first-order valence-corrected chi connectivity index (χ1v) is 14.0. The minimum Gasteiger partial charge on any atom is -0.465 e. The molecule has 1 heterocycles. The lowest BCUT2D eigenvalue weighted by Crippen LogP contribution is -2.38. The Kier molecular flexibility index (Phi) is 11.1. The van der Waals surface area contributed by atoms with Crippen molar-refractivity contribution in [1.82, 2.24) is 0 Å². The fraction of sp³-hybridized carbons (Fsp3) is 0.393. The van der Waals surface area contributed by atoms with Gasteiger partial charge in [-0.15, -0.1) is 11.8 Å². The van der Waals surface area contributed by atoms with E-state index in [9.17, 15) is 29.8 Å². The third-order valence-corrected chi connectivity index (χ3v) is 7.40. The maximum absolute atomic E-state index is 13.6. The second-order valence-corrected chi connectivity index (χ2v) is 9.90. The maximum Gasteiger partial charge on any atom is 0.336 e. The Morgan fingerprint density at radius 3 is 2.20 bits per heavy atom. The van der Waals surface area contributed by atoms with Crippen LogP contribution in [0.25, 0.3) is 0 Å². The molecule has 3 unspecified atom stereocenters. The monoisotopic (exact) mass is 585 g/mol. The van der Waals surface area contributed by atoms with E-state index in [1.165, 1.54) is 42.1 Å². The number of non-ortho nitro benzene ring substituents is 2. The van der Waals surface area contributed by atoms with Crippen molar-refractivity contribution >= 4 is 40.8 Å². The number of nitrogens with zero attached hydrogens (tertiary/aromatic N) is 3. The molecule has 41 heavy (non-hydrogen) atoms. The third-order valence-electron chi connectivity index (χ3n) is 6.23. The van der Waals surface area contributed by atoms with Gasteiger partial charge in [-0.25, -0.2) is 4.79 Å². The smallest absolute Gasteiger partial charge is 0.336 e. The van der Waals surface area contributed by atoms with E-state index in [2.05, 4.69) is 4.99 Å². The summed E-state index contributed by atoms with van der Waals surface area (Å²) in [4.78, 5) is 53.1. The molecule has 2 aromatic rings. The molecule has 0 bridgehead atoms. The number of nitro groups is 2. The average molecular weight is 586 g/mol. The molecule has 0 saturated carbocycles. The Morgan fingerprint density at radius 1 is 0.951 bits per heavy atom. The lowest BCUT2D eigenvalue weighted by molar-refractivity contribution is -0.385. The summed E-state index contributed by atoms with van der Waals surface area (Å²) in [6.07, 6.45) is 0. The summed E-state index contributed by atoms with van der Waals surface area (Å²) in [6.45, 7) is 7.10. The van der Waals surface area contributed by atoms with E-state index in [4.69, 9.17) is 14.2 Å². The maximum atomic E-state index is 13.6. The highest BCUT2D eigenvalue weighted by atomic mass is 32.2. The fourth-order valence-electron chi connectivity index (χ4n) is 4.48. The van der Waals surface area contributed by atoms with Crippen LogP contribution in [0.4, 0.5) is 11.4 Å². The van der Waals surface area contributed by atoms with Gasteiger partial charge in [-0.1, -0.05) is 24.3 Å². The van der Waals surface area contributed by atoms with Crippen molar-refractivity contribution in [2.45, 2.75) is 44.8 Å². The summed E-state index contributed by atoms with van der Waals surface area (Å²) in [6, 6.07) is 11.8. The third kappa shape index (κ3) is 7.55. The molecule has 12 nitrogen and oxygen atoms in total. The molecule has 0 radical (unpaired) electrons. The number of ether oxygens (including phenoxy) is 3. The standard InChI is InChI=1S/C28H31N3O9S/c1-5-38-26(32)22-17(4)29-25(28(40-7-3)41-16-18-11-13-20(14-12-18)30(34)35)24(27(33)39-6-2)23(22)19-9-8-10-21(15-19)31(36)37/h8-15,22-23,28H,5-7,16H2,1-4H3. The van der Waals surface area contributed by atoms with E-state index in [0.717, 1.165) is 5.56 Å². The van der Waals surface area contributed by atoms with E-state index in [0.29, 0.717) is 17.0 Å². The highest BCUT2D eigenvalue weighted by Crippen LogP contribution is 2.44. The molecule has 2 aromatic carbocycles. The summed E-state index contributed by atoms with van der Waals surface area (Å²) in [5, 5.41) is 22.6. The van der Waals surface area contributed by atoms with Gasteiger partial charge in [-0.3, -0.25) is 30.0 Å². The molecule has 0 fully saturated rings. The molecule has 3 rings (SSSR count). The minimum atomic E-state index is -1.04. The fourth-order valence-corrected chi connectivity index (χ4v) is 5.59. The molecular formula is C28H31N3O9S. The molecular weight excluding hydrogens is 554 g/mol. The van der Waals surface area contributed by atoms with Crippen LogP contribution in [0.2, 0.25) is 0 Å². The summed E-state index contributed by atoms with van der Waals surface area (Å²) in [5.41, 5.74) is 0.714. The van der Waals surface area contributed by atoms with Gasteiger partial charge in [-0.05, 0) is 38.8 Å². The number of hydrogen-bond donors (Lipinski definition) is 0. The highest BCUT2D eigenvalue weighted by molar-refractivity contribution is 7.99. The van der Waals surface area contributed by atoms with Crippen LogP contribution >= 0.6 is 11.8 Å². The van der Waals surface area contributed by atoms with E-state index in [1.54, 1.807) is 45.9 Å². The summed E-state index contributed by atoms with van der Waals surface area (Å²) in [5.74, 6) is -3.03. The predicted octanol–water partition coefficient (Wildman–Crippen LogP) is 5.35. The Labute approximate surface area is 241 Å². The first-order chi connectivity index (χ1) is 19.6. The van der Waals surface area contributed by atoms with Crippen LogP contribution in [-0.4, -0.2) is 52.8 Å². The van der Waals surface area contributed by atoms with Crippen molar-refractivity contribution in [2.24, 2.45) is 10.9 Å². The van der Waals surface area contributed by atoms with Crippen LogP contribution in [0.15, 0.2) is 64.8 Å². The van der Waals surface area contributed by atoms with Crippen LogP contribution in [0.1, 0.15) is 44.7 Å². The lowest BCUT2D eigenvalue weighted by Gasteiger charge is -2.34. The van der Waals surface area contributed by atoms with Gasteiger partial charge < -0.3 is 14.2 Å². The first-order valence-electron chi connectivity index (χ1n) is 13.0. The number of aliphatic imine (C=N–C) groups is 1.